The van der Waals surface area contributed by atoms with Gasteiger partial charge in [0.05, 0.1) is 0 Å². The molecule has 2 amide bonds. The molecule has 0 aromatic carbocycles. The molecule has 0 fully saturated rings. The maximum Gasteiger partial charge on any atom is 0.321 e. The highest BCUT2D eigenvalue weighted by molar-refractivity contribution is 7.13. The van der Waals surface area contributed by atoms with Crippen LogP contribution in [0.3, 0.4) is 0 Å². The fourth-order valence-corrected chi connectivity index (χ4v) is 1.23. The van der Waals surface area contributed by atoms with Gasteiger partial charge in [-0.05, 0) is 6.92 Å². The molecule has 1 aromatic rings. The summed E-state index contributed by atoms with van der Waals surface area (Å²) in [5, 5.41) is 7.63. The lowest BCUT2D eigenvalue weighted by molar-refractivity contribution is 0.249. The zero-order valence-electron chi connectivity index (χ0n) is 7.28. The highest BCUT2D eigenvalue weighted by Gasteiger charge is 2.05. The number of hydrogen-bond acceptors (Lipinski definition) is 4. The molecule has 0 saturated heterocycles. The molecule has 1 unspecified atom stereocenters. The quantitative estimate of drug-likeness (QED) is 0.668. The van der Waals surface area contributed by atoms with Gasteiger partial charge in [0.25, 0.3) is 0 Å². The van der Waals surface area contributed by atoms with Gasteiger partial charge in [-0.2, -0.15) is 0 Å². The monoisotopic (exact) mass is 200 g/mol. The molecule has 4 N–H and O–H groups in total. The summed E-state index contributed by atoms with van der Waals surface area (Å²) in [6, 6.07) is -0.298. The third-order valence-electron chi connectivity index (χ3n) is 1.38. The predicted molar refractivity (Wildman–Crippen MR) is 52.8 cm³/mol. The summed E-state index contributed by atoms with van der Waals surface area (Å²) in [5.41, 5.74) is 5.34. The Balaban J connectivity index is 2.34. The Hall–Kier alpha value is -1.14. The molecule has 0 spiro atoms. The van der Waals surface area contributed by atoms with Gasteiger partial charge in [0, 0.05) is 24.2 Å². The second kappa shape index (κ2) is 4.78. The first-order valence-corrected chi connectivity index (χ1v) is 4.77. The molecular formula is C7H12N4OS. The van der Waals surface area contributed by atoms with E-state index in [1.165, 1.54) is 11.3 Å². The molecule has 0 aliphatic rings. The molecule has 0 bridgehead atoms. The van der Waals surface area contributed by atoms with E-state index in [1.54, 1.807) is 11.6 Å². The number of nitrogens with two attached hydrogens (primary N) is 1. The summed E-state index contributed by atoms with van der Waals surface area (Å²) >= 11 is 1.37. The van der Waals surface area contributed by atoms with E-state index < -0.39 is 0 Å². The van der Waals surface area contributed by atoms with Crippen LogP contribution in [-0.4, -0.2) is 23.6 Å². The van der Waals surface area contributed by atoms with Gasteiger partial charge in [-0.1, -0.05) is 0 Å². The fraction of sp³-hybridized carbons (Fsp3) is 0.429. The van der Waals surface area contributed by atoms with Crippen LogP contribution in [0.15, 0.2) is 11.6 Å². The van der Waals surface area contributed by atoms with E-state index in [4.69, 9.17) is 5.73 Å². The third kappa shape index (κ3) is 3.39. The molecule has 0 saturated carbocycles. The number of nitrogens with zero attached hydrogens (tertiary/aromatic N) is 1. The highest BCUT2D eigenvalue weighted by atomic mass is 32.1. The number of rotatable bonds is 3. The maximum atomic E-state index is 11.2. The topological polar surface area (TPSA) is 80.0 Å². The van der Waals surface area contributed by atoms with Crippen LogP contribution >= 0.6 is 11.3 Å². The SMILES string of the molecule is CC(CN)NC(=O)Nc1nccs1. The number of hydrogen-bond donors (Lipinski definition) is 3. The minimum Gasteiger partial charge on any atom is -0.334 e. The van der Waals surface area contributed by atoms with Crippen molar-refractivity contribution in [2.75, 3.05) is 11.9 Å². The highest BCUT2D eigenvalue weighted by Crippen LogP contribution is 2.09. The predicted octanol–water partition coefficient (Wildman–Crippen LogP) is 0.612. The molecule has 0 aliphatic carbocycles. The van der Waals surface area contributed by atoms with E-state index in [1.807, 2.05) is 6.92 Å². The van der Waals surface area contributed by atoms with Crippen molar-refractivity contribution < 1.29 is 4.79 Å². The molecule has 1 aromatic heterocycles. The van der Waals surface area contributed by atoms with Crippen LogP contribution < -0.4 is 16.4 Å². The van der Waals surface area contributed by atoms with Gasteiger partial charge >= 0.3 is 6.03 Å². The number of carbonyl (C=O) groups excluding carboxylic acids is 1. The Morgan fingerprint density at radius 3 is 3.15 bits per heavy atom. The Labute approximate surface area is 80.4 Å². The minimum absolute atomic E-state index is 0.0278. The van der Waals surface area contributed by atoms with Crippen LogP contribution in [0.1, 0.15) is 6.92 Å². The lowest BCUT2D eigenvalue weighted by atomic mass is 10.3. The fourth-order valence-electron chi connectivity index (χ4n) is 0.701. The second-order valence-corrected chi connectivity index (χ2v) is 3.47. The van der Waals surface area contributed by atoms with E-state index in [2.05, 4.69) is 15.6 Å². The zero-order valence-corrected chi connectivity index (χ0v) is 8.10. The van der Waals surface area contributed by atoms with Gasteiger partial charge in [-0.3, -0.25) is 5.32 Å². The molecular weight excluding hydrogens is 188 g/mol. The molecule has 13 heavy (non-hydrogen) atoms. The van der Waals surface area contributed by atoms with Crippen molar-refractivity contribution in [1.29, 1.82) is 0 Å². The van der Waals surface area contributed by atoms with E-state index >= 15 is 0 Å². The molecule has 1 rings (SSSR count). The molecule has 1 atom stereocenters. The number of anilines is 1. The Bertz CT molecular complexity index is 261. The van der Waals surface area contributed by atoms with Crippen molar-refractivity contribution >= 4 is 22.5 Å². The van der Waals surface area contributed by atoms with Crippen LogP contribution in [0.2, 0.25) is 0 Å². The summed E-state index contributed by atoms with van der Waals surface area (Å²) < 4.78 is 0. The van der Waals surface area contributed by atoms with Crippen LogP contribution in [0.4, 0.5) is 9.93 Å². The number of amides is 2. The van der Waals surface area contributed by atoms with Crippen molar-refractivity contribution in [3.8, 4) is 0 Å². The van der Waals surface area contributed by atoms with Gasteiger partial charge in [0.2, 0.25) is 0 Å². The minimum atomic E-state index is -0.270. The lowest BCUT2D eigenvalue weighted by Crippen LogP contribution is -2.40. The first kappa shape index (κ1) is 9.94. The summed E-state index contributed by atoms with van der Waals surface area (Å²) in [6.45, 7) is 2.26. The molecule has 72 valence electrons. The number of carbonyl (C=O) groups is 1. The second-order valence-electron chi connectivity index (χ2n) is 2.57. The molecule has 1 heterocycles. The van der Waals surface area contributed by atoms with Crippen LogP contribution in [0.25, 0.3) is 0 Å². The number of nitrogens with one attached hydrogen (secondary N) is 2. The van der Waals surface area contributed by atoms with E-state index in [9.17, 15) is 4.79 Å². The average molecular weight is 200 g/mol. The van der Waals surface area contributed by atoms with E-state index in [0.717, 1.165) is 0 Å². The number of aromatic nitrogens is 1. The van der Waals surface area contributed by atoms with Crippen LogP contribution in [0.5, 0.6) is 0 Å². The van der Waals surface area contributed by atoms with Crippen LogP contribution in [0, 0.1) is 0 Å². The van der Waals surface area contributed by atoms with Gasteiger partial charge in [0.15, 0.2) is 5.13 Å². The number of thiazole rings is 1. The van der Waals surface area contributed by atoms with Crippen molar-refractivity contribution in [1.82, 2.24) is 10.3 Å². The lowest BCUT2D eigenvalue weighted by Gasteiger charge is -2.10. The van der Waals surface area contributed by atoms with Gasteiger partial charge in [-0.25, -0.2) is 9.78 Å². The smallest absolute Gasteiger partial charge is 0.321 e. The van der Waals surface area contributed by atoms with Crippen molar-refractivity contribution in [2.24, 2.45) is 5.73 Å². The van der Waals surface area contributed by atoms with Gasteiger partial charge in [0.1, 0.15) is 0 Å². The maximum absolute atomic E-state index is 11.2. The molecule has 0 radical (unpaired) electrons. The first-order valence-electron chi connectivity index (χ1n) is 3.89. The van der Waals surface area contributed by atoms with E-state index in [-0.39, 0.29) is 12.1 Å². The molecule has 5 nitrogen and oxygen atoms in total. The molecule has 0 aliphatic heterocycles. The van der Waals surface area contributed by atoms with Crippen LogP contribution in [-0.2, 0) is 0 Å². The van der Waals surface area contributed by atoms with Gasteiger partial charge in [-0.15, -0.1) is 11.3 Å². The Kier molecular flexibility index (Phi) is 3.66. The third-order valence-corrected chi connectivity index (χ3v) is 2.07. The summed E-state index contributed by atoms with van der Waals surface area (Å²) in [4.78, 5) is 15.1. The normalized spacial score (nSPS) is 12.2. The Morgan fingerprint density at radius 2 is 2.62 bits per heavy atom. The summed E-state index contributed by atoms with van der Waals surface area (Å²) in [5.74, 6) is 0. The van der Waals surface area contributed by atoms with Gasteiger partial charge < -0.3 is 11.1 Å². The number of urea groups is 1. The average Bonchev–Trinajstić information content (AvgIpc) is 2.56. The Morgan fingerprint density at radius 1 is 1.85 bits per heavy atom. The zero-order chi connectivity index (χ0) is 9.68. The summed E-state index contributed by atoms with van der Waals surface area (Å²) in [6.07, 6.45) is 1.63. The first-order chi connectivity index (χ1) is 6.22. The molecule has 6 heteroatoms. The van der Waals surface area contributed by atoms with Crippen molar-refractivity contribution in [3.63, 3.8) is 0 Å². The van der Waals surface area contributed by atoms with Crippen molar-refractivity contribution in [3.05, 3.63) is 11.6 Å². The van der Waals surface area contributed by atoms with Crippen molar-refractivity contribution in [2.45, 2.75) is 13.0 Å². The largest absolute Gasteiger partial charge is 0.334 e. The summed E-state index contributed by atoms with van der Waals surface area (Å²) in [7, 11) is 0. The van der Waals surface area contributed by atoms with E-state index in [0.29, 0.717) is 11.7 Å². The standard InChI is InChI=1S/C7H12N4OS/c1-5(4-8)10-6(12)11-7-9-2-3-13-7/h2-3,5H,4,8H2,1H3,(H2,9,10,11,12).